The molecule has 1 aromatic carbocycles. The number of nitrogens with one attached hydrogen (secondary N) is 1. The molecule has 2 rings (SSSR count). The second-order valence-electron chi connectivity index (χ2n) is 4.41. The van der Waals surface area contributed by atoms with Gasteiger partial charge in [-0.25, -0.2) is 0 Å². The fraction of sp³-hybridized carbons (Fsp3) is 0.538. The molecule has 4 nitrogen and oxygen atoms in total. The topological polar surface area (TPSA) is 56.5 Å². The van der Waals surface area contributed by atoms with Gasteiger partial charge in [0.1, 0.15) is 18.1 Å². The standard InChI is InChI=1S/C13H20N2O2/c1-16-11-3-2-4-12(7-11)17-9-13(14)10-5-6-15-8-10/h2-4,7,10,13,15H,5-6,8-9,14H2,1H3. The van der Waals surface area contributed by atoms with Crippen molar-refractivity contribution in [2.24, 2.45) is 11.7 Å². The summed E-state index contributed by atoms with van der Waals surface area (Å²) in [7, 11) is 1.65. The van der Waals surface area contributed by atoms with Gasteiger partial charge in [0.2, 0.25) is 0 Å². The predicted octanol–water partition coefficient (Wildman–Crippen LogP) is 1.01. The summed E-state index contributed by atoms with van der Waals surface area (Å²) in [5, 5.41) is 3.31. The maximum absolute atomic E-state index is 6.10. The molecule has 0 amide bonds. The van der Waals surface area contributed by atoms with E-state index in [0.717, 1.165) is 31.0 Å². The van der Waals surface area contributed by atoms with Crippen LogP contribution in [0.15, 0.2) is 24.3 Å². The Kier molecular flexibility index (Phi) is 4.23. The largest absolute Gasteiger partial charge is 0.497 e. The van der Waals surface area contributed by atoms with E-state index in [0.29, 0.717) is 12.5 Å². The molecule has 4 heteroatoms. The molecule has 0 aromatic heterocycles. The summed E-state index contributed by atoms with van der Waals surface area (Å²) in [5.41, 5.74) is 6.10. The van der Waals surface area contributed by atoms with Gasteiger partial charge in [0, 0.05) is 12.1 Å². The van der Waals surface area contributed by atoms with E-state index in [1.807, 2.05) is 24.3 Å². The first-order valence-electron chi connectivity index (χ1n) is 6.03. The summed E-state index contributed by atoms with van der Waals surface area (Å²) in [5.74, 6) is 2.14. The van der Waals surface area contributed by atoms with Crippen molar-refractivity contribution in [2.45, 2.75) is 12.5 Å². The molecule has 17 heavy (non-hydrogen) atoms. The van der Waals surface area contributed by atoms with E-state index in [1.165, 1.54) is 0 Å². The monoisotopic (exact) mass is 236 g/mol. The SMILES string of the molecule is COc1cccc(OCC(N)C2CCNC2)c1. The van der Waals surface area contributed by atoms with Gasteiger partial charge < -0.3 is 20.5 Å². The lowest BCUT2D eigenvalue weighted by atomic mass is 10.0. The maximum Gasteiger partial charge on any atom is 0.123 e. The molecule has 1 aliphatic heterocycles. The van der Waals surface area contributed by atoms with Gasteiger partial charge >= 0.3 is 0 Å². The van der Waals surface area contributed by atoms with Crippen LogP contribution in [0.5, 0.6) is 11.5 Å². The zero-order chi connectivity index (χ0) is 12.1. The molecule has 1 fully saturated rings. The van der Waals surface area contributed by atoms with E-state index in [1.54, 1.807) is 7.11 Å². The van der Waals surface area contributed by atoms with Gasteiger partial charge in [0.05, 0.1) is 7.11 Å². The van der Waals surface area contributed by atoms with Crippen molar-refractivity contribution in [3.8, 4) is 11.5 Å². The van der Waals surface area contributed by atoms with E-state index in [9.17, 15) is 0 Å². The van der Waals surface area contributed by atoms with Gasteiger partial charge in [-0.05, 0) is 37.6 Å². The molecule has 0 aliphatic carbocycles. The van der Waals surface area contributed by atoms with Crippen LogP contribution in [0.3, 0.4) is 0 Å². The molecule has 1 aromatic rings. The third-order valence-corrected chi connectivity index (χ3v) is 3.19. The van der Waals surface area contributed by atoms with Gasteiger partial charge in [-0.2, -0.15) is 0 Å². The van der Waals surface area contributed by atoms with Gasteiger partial charge in [0.15, 0.2) is 0 Å². The van der Waals surface area contributed by atoms with Crippen LogP contribution in [-0.2, 0) is 0 Å². The Bertz CT molecular complexity index is 351. The first kappa shape index (κ1) is 12.2. The Hall–Kier alpha value is -1.26. The van der Waals surface area contributed by atoms with Crippen LogP contribution in [0, 0.1) is 5.92 Å². The lowest BCUT2D eigenvalue weighted by Gasteiger charge is -2.18. The first-order chi connectivity index (χ1) is 8.29. The average Bonchev–Trinajstić information content (AvgIpc) is 2.90. The summed E-state index contributed by atoms with van der Waals surface area (Å²) in [4.78, 5) is 0. The number of hydrogen-bond donors (Lipinski definition) is 2. The molecule has 0 saturated carbocycles. The fourth-order valence-corrected chi connectivity index (χ4v) is 2.06. The van der Waals surface area contributed by atoms with Gasteiger partial charge in [0.25, 0.3) is 0 Å². The summed E-state index contributed by atoms with van der Waals surface area (Å²) < 4.78 is 10.8. The van der Waals surface area contributed by atoms with Gasteiger partial charge in [-0.3, -0.25) is 0 Å². The molecule has 0 spiro atoms. The Morgan fingerprint density at radius 1 is 1.47 bits per heavy atom. The minimum atomic E-state index is 0.0937. The van der Waals surface area contributed by atoms with E-state index in [4.69, 9.17) is 15.2 Å². The lowest BCUT2D eigenvalue weighted by molar-refractivity contribution is 0.251. The lowest BCUT2D eigenvalue weighted by Crippen LogP contribution is -2.37. The van der Waals surface area contributed by atoms with Crippen LogP contribution in [0.1, 0.15) is 6.42 Å². The normalized spacial score (nSPS) is 21.2. The van der Waals surface area contributed by atoms with E-state index >= 15 is 0 Å². The molecule has 0 bridgehead atoms. The fourth-order valence-electron chi connectivity index (χ4n) is 2.06. The minimum absolute atomic E-state index is 0.0937. The smallest absolute Gasteiger partial charge is 0.123 e. The Morgan fingerprint density at radius 2 is 2.29 bits per heavy atom. The number of methoxy groups -OCH3 is 1. The zero-order valence-electron chi connectivity index (χ0n) is 10.2. The molecular formula is C13H20N2O2. The summed E-state index contributed by atoms with van der Waals surface area (Å²) >= 11 is 0. The Morgan fingerprint density at radius 3 is 3.00 bits per heavy atom. The van der Waals surface area contributed by atoms with Crippen LogP contribution in [-0.4, -0.2) is 32.8 Å². The quantitative estimate of drug-likeness (QED) is 0.801. The summed E-state index contributed by atoms with van der Waals surface area (Å²) in [6.45, 7) is 2.62. The van der Waals surface area contributed by atoms with E-state index in [2.05, 4.69) is 5.32 Å². The van der Waals surface area contributed by atoms with Crippen LogP contribution < -0.4 is 20.5 Å². The molecular weight excluding hydrogens is 216 g/mol. The van der Waals surface area contributed by atoms with Crippen LogP contribution in [0.4, 0.5) is 0 Å². The van der Waals surface area contributed by atoms with Crippen molar-refractivity contribution in [3.05, 3.63) is 24.3 Å². The van der Waals surface area contributed by atoms with E-state index in [-0.39, 0.29) is 6.04 Å². The second kappa shape index (κ2) is 5.89. The van der Waals surface area contributed by atoms with Crippen LogP contribution in [0.25, 0.3) is 0 Å². The molecule has 94 valence electrons. The van der Waals surface area contributed by atoms with Gasteiger partial charge in [-0.1, -0.05) is 6.07 Å². The maximum atomic E-state index is 6.10. The molecule has 3 N–H and O–H groups in total. The van der Waals surface area contributed by atoms with Crippen molar-refractivity contribution in [2.75, 3.05) is 26.8 Å². The molecule has 1 aliphatic rings. The highest BCUT2D eigenvalue weighted by Crippen LogP contribution is 2.20. The zero-order valence-corrected chi connectivity index (χ0v) is 10.2. The molecule has 2 atom stereocenters. The Labute approximate surface area is 102 Å². The molecule has 0 radical (unpaired) electrons. The van der Waals surface area contributed by atoms with Crippen molar-refractivity contribution in [1.29, 1.82) is 0 Å². The average molecular weight is 236 g/mol. The predicted molar refractivity (Wildman–Crippen MR) is 67.4 cm³/mol. The highest BCUT2D eigenvalue weighted by molar-refractivity contribution is 5.32. The molecule has 1 saturated heterocycles. The minimum Gasteiger partial charge on any atom is -0.497 e. The van der Waals surface area contributed by atoms with Crippen molar-refractivity contribution in [1.82, 2.24) is 5.32 Å². The third kappa shape index (κ3) is 3.35. The number of ether oxygens (including phenoxy) is 2. The van der Waals surface area contributed by atoms with Crippen LogP contribution >= 0.6 is 0 Å². The van der Waals surface area contributed by atoms with Crippen molar-refractivity contribution in [3.63, 3.8) is 0 Å². The van der Waals surface area contributed by atoms with Crippen LogP contribution in [0.2, 0.25) is 0 Å². The highest BCUT2D eigenvalue weighted by atomic mass is 16.5. The van der Waals surface area contributed by atoms with E-state index < -0.39 is 0 Å². The number of nitrogens with two attached hydrogens (primary N) is 1. The molecule has 1 heterocycles. The number of hydrogen-bond acceptors (Lipinski definition) is 4. The third-order valence-electron chi connectivity index (χ3n) is 3.19. The highest BCUT2D eigenvalue weighted by Gasteiger charge is 2.22. The van der Waals surface area contributed by atoms with Gasteiger partial charge in [-0.15, -0.1) is 0 Å². The summed E-state index contributed by atoms with van der Waals surface area (Å²) in [6.07, 6.45) is 1.14. The van der Waals surface area contributed by atoms with Crippen molar-refractivity contribution >= 4 is 0 Å². The molecule has 2 unspecified atom stereocenters. The number of benzene rings is 1. The first-order valence-corrected chi connectivity index (χ1v) is 6.03. The second-order valence-corrected chi connectivity index (χ2v) is 4.41. The Balaban J connectivity index is 1.83. The summed E-state index contributed by atoms with van der Waals surface area (Å²) in [6, 6.07) is 7.70. The van der Waals surface area contributed by atoms with Crippen molar-refractivity contribution < 1.29 is 9.47 Å². The number of rotatable bonds is 5.